The number of esters is 1. The zero-order valence-electron chi connectivity index (χ0n) is 11.4. The first-order valence-corrected chi connectivity index (χ1v) is 6.59. The molecule has 0 aromatic carbocycles. The van der Waals surface area contributed by atoms with Crippen molar-refractivity contribution in [2.75, 3.05) is 6.61 Å². The van der Waals surface area contributed by atoms with Crippen LogP contribution in [0.5, 0.6) is 0 Å². The molecule has 0 aliphatic rings. The summed E-state index contributed by atoms with van der Waals surface area (Å²) >= 11 is 0. The predicted octanol–water partition coefficient (Wildman–Crippen LogP) is 3.17. The molecule has 18 heavy (non-hydrogen) atoms. The van der Waals surface area contributed by atoms with Crippen LogP contribution in [0.15, 0.2) is 12.2 Å². The lowest BCUT2D eigenvalue weighted by molar-refractivity contribution is -0.148. The maximum Gasteiger partial charge on any atom is 0.331 e. The van der Waals surface area contributed by atoms with Crippen LogP contribution in [0.2, 0.25) is 0 Å². The van der Waals surface area contributed by atoms with Gasteiger partial charge >= 0.3 is 11.9 Å². The van der Waals surface area contributed by atoms with E-state index in [-0.39, 0.29) is 5.57 Å². The summed E-state index contributed by atoms with van der Waals surface area (Å²) in [5.74, 6) is -2.43. The monoisotopic (exact) mass is 256 g/mol. The average molecular weight is 256 g/mol. The fourth-order valence-electron chi connectivity index (χ4n) is 1.51. The van der Waals surface area contributed by atoms with Gasteiger partial charge in [0.1, 0.15) is 0 Å². The third-order valence-electron chi connectivity index (χ3n) is 2.89. The van der Waals surface area contributed by atoms with Gasteiger partial charge in [-0.2, -0.15) is 0 Å². The second-order valence-corrected chi connectivity index (χ2v) is 4.49. The number of hydrogen-bond donors (Lipinski definition) is 1. The first kappa shape index (κ1) is 16.7. The summed E-state index contributed by atoms with van der Waals surface area (Å²) < 4.78 is 5.02. The molecule has 0 fully saturated rings. The highest BCUT2D eigenvalue weighted by Crippen LogP contribution is 2.11. The van der Waals surface area contributed by atoms with Crippen LogP contribution < -0.4 is 0 Å². The van der Waals surface area contributed by atoms with E-state index in [9.17, 15) is 9.59 Å². The van der Waals surface area contributed by atoms with Gasteiger partial charge in [-0.25, -0.2) is 4.79 Å². The molecule has 0 bridgehead atoms. The largest absolute Gasteiger partial charge is 0.478 e. The highest BCUT2D eigenvalue weighted by molar-refractivity contribution is 5.93. The van der Waals surface area contributed by atoms with Crippen LogP contribution in [0, 0.1) is 5.92 Å². The van der Waals surface area contributed by atoms with E-state index in [1.54, 1.807) is 0 Å². The zero-order chi connectivity index (χ0) is 14.0. The molecule has 4 heteroatoms. The normalized spacial score (nSPS) is 11.9. The van der Waals surface area contributed by atoms with Gasteiger partial charge in [-0.15, -0.1) is 0 Å². The number of carboxylic acid groups (broad SMARTS) is 1. The molecular formula is C14H24O4. The molecular weight excluding hydrogens is 232 g/mol. The molecule has 0 saturated heterocycles. The van der Waals surface area contributed by atoms with Crippen molar-refractivity contribution in [2.24, 2.45) is 5.92 Å². The highest BCUT2D eigenvalue weighted by atomic mass is 16.5. The number of ether oxygens (including phenoxy) is 1. The van der Waals surface area contributed by atoms with Crippen molar-refractivity contribution < 1.29 is 19.4 Å². The van der Waals surface area contributed by atoms with E-state index in [0.717, 1.165) is 19.3 Å². The fourth-order valence-corrected chi connectivity index (χ4v) is 1.51. The van der Waals surface area contributed by atoms with E-state index < -0.39 is 17.9 Å². The standard InChI is InChI=1S/C14H24O4/c1-4-5-6-7-8-9-10-18-14(17)12(3)11(2)13(15)16/h12H,2,4-10H2,1,3H3,(H,15,16). The average Bonchev–Trinajstić information content (AvgIpc) is 2.35. The predicted molar refractivity (Wildman–Crippen MR) is 70.3 cm³/mol. The molecule has 104 valence electrons. The molecule has 1 N–H and O–H groups in total. The Morgan fingerprint density at radius 3 is 2.28 bits per heavy atom. The number of rotatable bonds is 10. The van der Waals surface area contributed by atoms with Gasteiger partial charge in [0.05, 0.1) is 12.5 Å². The van der Waals surface area contributed by atoms with Crippen LogP contribution in [-0.2, 0) is 14.3 Å². The Bertz CT molecular complexity index is 284. The van der Waals surface area contributed by atoms with Crippen LogP contribution in [0.3, 0.4) is 0 Å². The summed E-state index contributed by atoms with van der Waals surface area (Å²) in [6.07, 6.45) is 6.71. The van der Waals surface area contributed by atoms with Crippen molar-refractivity contribution in [1.29, 1.82) is 0 Å². The van der Waals surface area contributed by atoms with Gasteiger partial charge in [0.15, 0.2) is 0 Å². The lowest BCUT2D eigenvalue weighted by Gasteiger charge is -2.11. The summed E-state index contributed by atoms with van der Waals surface area (Å²) in [4.78, 5) is 22.1. The quantitative estimate of drug-likeness (QED) is 0.370. The molecule has 0 saturated carbocycles. The van der Waals surface area contributed by atoms with Crippen molar-refractivity contribution in [3.8, 4) is 0 Å². The van der Waals surface area contributed by atoms with Gasteiger partial charge in [-0.3, -0.25) is 4.79 Å². The van der Waals surface area contributed by atoms with E-state index in [4.69, 9.17) is 9.84 Å². The molecule has 1 unspecified atom stereocenters. The molecule has 0 aromatic rings. The molecule has 4 nitrogen and oxygen atoms in total. The number of carboxylic acids is 1. The molecule has 0 aromatic heterocycles. The van der Waals surface area contributed by atoms with E-state index in [2.05, 4.69) is 13.5 Å². The highest BCUT2D eigenvalue weighted by Gasteiger charge is 2.22. The van der Waals surface area contributed by atoms with Crippen LogP contribution >= 0.6 is 0 Å². The van der Waals surface area contributed by atoms with Crippen LogP contribution in [0.1, 0.15) is 52.4 Å². The third-order valence-corrected chi connectivity index (χ3v) is 2.89. The zero-order valence-corrected chi connectivity index (χ0v) is 11.4. The Kier molecular flexibility index (Phi) is 8.97. The van der Waals surface area contributed by atoms with Gasteiger partial charge in [0.25, 0.3) is 0 Å². The number of unbranched alkanes of at least 4 members (excludes halogenated alkanes) is 5. The fraction of sp³-hybridized carbons (Fsp3) is 0.714. The molecule has 0 amide bonds. The summed E-state index contributed by atoms with van der Waals surface area (Å²) in [7, 11) is 0. The maximum absolute atomic E-state index is 11.5. The lowest BCUT2D eigenvalue weighted by atomic mass is 10.0. The van der Waals surface area contributed by atoms with E-state index in [1.165, 1.54) is 26.2 Å². The molecule has 0 aliphatic carbocycles. The van der Waals surface area contributed by atoms with Crippen molar-refractivity contribution >= 4 is 11.9 Å². The first-order valence-electron chi connectivity index (χ1n) is 6.59. The van der Waals surface area contributed by atoms with Crippen LogP contribution in [0.4, 0.5) is 0 Å². The molecule has 1 atom stereocenters. The minimum absolute atomic E-state index is 0.122. The SMILES string of the molecule is C=C(C(=O)O)C(C)C(=O)OCCCCCCCC. The van der Waals surface area contributed by atoms with Crippen LogP contribution in [0.25, 0.3) is 0 Å². The number of carbonyl (C=O) groups excluding carboxylic acids is 1. The van der Waals surface area contributed by atoms with Crippen LogP contribution in [-0.4, -0.2) is 23.7 Å². The van der Waals surface area contributed by atoms with Gasteiger partial charge in [-0.1, -0.05) is 45.6 Å². The van der Waals surface area contributed by atoms with Gasteiger partial charge in [-0.05, 0) is 13.3 Å². The van der Waals surface area contributed by atoms with Gasteiger partial charge < -0.3 is 9.84 Å². The summed E-state index contributed by atoms with van der Waals surface area (Å²) in [5, 5.41) is 8.69. The third kappa shape index (κ3) is 7.09. The smallest absolute Gasteiger partial charge is 0.331 e. The summed E-state index contributed by atoms with van der Waals surface area (Å²) in [6.45, 7) is 7.38. The Morgan fingerprint density at radius 2 is 1.72 bits per heavy atom. The molecule has 0 spiro atoms. The molecule has 0 heterocycles. The molecule has 0 aliphatic heterocycles. The second-order valence-electron chi connectivity index (χ2n) is 4.49. The Morgan fingerprint density at radius 1 is 1.17 bits per heavy atom. The maximum atomic E-state index is 11.5. The Hall–Kier alpha value is -1.32. The summed E-state index contributed by atoms with van der Waals surface area (Å²) in [6, 6.07) is 0. The van der Waals surface area contributed by atoms with E-state index in [0.29, 0.717) is 6.61 Å². The Balaban J connectivity index is 3.65. The second kappa shape index (κ2) is 9.68. The van der Waals surface area contributed by atoms with Crippen molar-refractivity contribution in [3.63, 3.8) is 0 Å². The van der Waals surface area contributed by atoms with Crippen molar-refractivity contribution in [1.82, 2.24) is 0 Å². The minimum atomic E-state index is -1.15. The topological polar surface area (TPSA) is 63.6 Å². The number of aliphatic carboxylic acids is 1. The number of carbonyl (C=O) groups is 2. The van der Waals surface area contributed by atoms with E-state index in [1.807, 2.05) is 0 Å². The summed E-state index contributed by atoms with van der Waals surface area (Å²) in [5.41, 5.74) is -0.122. The molecule has 0 radical (unpaired) electrons. The first-order chi connectivity index (χ1) is 8.50. The molecule has 0 rings (SSSR count). The lowest BCUT2D eigenvalue weighted by Crippen LogP contribution is -2.21. The Labute approximate surface area is 109 Å². The number of hydrogen-bond acceptors (Lipinski definition) is 3. The van der Waals surface area contributed by atoms with E-state index >= 15 is 0 Å². The van der Waals surface area contributed by atoms with Crippen molar-refractivity contribution in [2.45, 2.75) is 52.4 Å². The minimum Gasteiger partial charge on any atom is -0.478 e. The van der Waals surface area contributed by atoms with Gasteiger partial charge in [0.2, 0.25) is 0 Å². The van der Waals surface area contributed by atoms with Gasteiger partial charge in [0, 0.05) is 5.57 Å². The van der Waals surface area contributed by atoms with Crippen molar-refractivity contribution in [3.05, 3.63) is 12.2 Å².